The van der Waals surface area contributed by atoms with Gasteiger partial charge in [0.2, 0.25) is 0 Å². The van der Waals surface area contributed by atoms with Gasteiger partial charge in [-0.15, -0.1) is 11.5 Å². The maximum atomic E-state index is 10.5. The minimum Gasteiger partial charge on any atom is -0.508 e. The summed E-state index contributed by atoms with van der Waals surface area (Å²) in [6.07, 6.45) is 1.96. The molecule has 74 valence electrons. The summed E-state index contributed by atoms with van der Waals surface area (Å²) in [4.78, 5) is 8.57. The van der Waals surface area contributed by atoms with E-state index in [1.54, 1.807) is 6.08 Å². The third-order valence-corrected chi connectivity index (χ3v) is 1.99. The summed E-state index contributed by atoms with van der Waals surface area (Å²) in [6.45, 7) is 3.52. The van der Waals surface area contributed by atoms with Crippen molar-refractivity contribution >= 4 is 8.25 Å². The second-order valence-electron chi connectivity index (χ2n) is 2.58. The Balaban J connectivity index is 3.06. The van der Waals surface area contributed by atoms with Gasteiger partial charge in [-0.3, -0.25) is 0 Å². The highest BCUT2D eigenvalue weighted by Crippen LogP contribution is 2.32. The Labute approximate surface area is 82.4 Å². The summed E-state index contributed by atoms with van der Waals surface area (Å²) in [5, 5.41) is 9.43. The molecule has 2 N–H and O–H groups in total. The minimum absolute atomic E-state index is 0.0271. The minimum atomic E-state index is -2.71. The van der Waals surface area contributed by atoms with Crippen LogP contribution in [0.2, 0.25) is 0 Å². The van der Waals surface area contributed by atoms with Crippen LogP contribution in [0.4, 0.5) is 0 Å². The normalized spacial score (nSPS) is 10.8. The van der Waals surface area contributed by atoms with E-state index in [4.69, 9.17) is 4.89 Å². The summed E-state index contributed by atoms with van der Waals surface area (Å²) in [5.41, 5.74) is 0.458. The number of hydrogen-bond acceptors (Lipinski definition) is 3. The SMILES string of the molecule is C=CCc1c(O)cccc1O[P+](=O)O. The van der Waals surface area contributed by atoms with Crippen molar-refractivity contribution in [1.82, 2.24) is 0 Å². The molecule has 1 aromatic rings. The fourth-order valence-corrected chi connectivity index (χ4v) is 1.41. The van der Waals surface area contributed by atoms with Crippen molar-refractivity contribution in [2.45, 2.75) is 6.42 Å². The van der Waals surface area contributed by atoms with Gasteiger partial charge in [0.25, 0.3) is 0 Å². The summed E-state index contributed by atoms with van der Waals surface area (Å²) >= 11 is 0. The lowest BCUT2D eigenvalue weighted by Crippen LogP contribution is -1.89. The van der Waals surface area contributed by atoms with Gasteiger partial charge in [0.05, 0.1) is 0 Å². The highest BCUT2D eigenvalue weighted by Gasteiger charge is 2.18. The Morgan fingerprint density at radius 2 is 2.29 bits per heavy atom. The Hall–Kier alpha value is -1.38. The molecule has 5 heteroatoms. The second kappa shape index (κ2) is 4.74. The number of allylic oxidation sites excluding steroid dienone is 1. The van der Waals surface area contributed by atoms with Crippen molar-refractivity contribution in [3.63, 3.8) is 0 Å². The zero-order valence-corrected chi connectivity index (χ0v) is 8.28. The number of phenolic OH excluding ortho intramolecular Hbond substituents is 1. The topological polar surface area (TPSA) is 66.8 Å². The van der Waals surface area contributed by atoms with Crippen molar-refractivity contribution in [2.24, 2.45) is 0 Å². The highest BCUT2D eigenvalue weighted by atomic mass is 31.1. The number of phenols is 1. The number of hydrogen-bond donors (Lipinski definition) is 2. The van der Waals surface area contributed by atoms with Gasteiger partial charge in [0.1, 0.15) is 5.75 Å². The standard InChI is InChI=1S/C9H9O4P/c1-2-4-7-8(10)5-3-6-9(7)13-14(11)12/h2-3,5-6H,1,4H2,(H-,10,11,12)/p+1. The van der Waals surface area contributed by atoms with Gasteiger partial charge >= 0.3 is 8.25 Å². The van der Waals surface area contributed by atoms with Crippen molar-refractivity contribution in [2.75, 3.05) is 0 Å². The maximum Gasteiger partial charge on any atom is 0.747 e. The smallest absolute Gasteiger partial charge is 0.508 e. The van der Waals surface area contributed by atoms with Crippen LogP contribution in [0.5, 0.6) is 11.5 Å². The summed E-state index contributed by atoms with van der Waals surface area (Å²) < 4.78 is 15.1. The van der Waals surface area contributed by atoms with Gasteiger partial charge in [-0.2, -0.15) is 0 Å². The molecular weight excluding hydrogens is 203 g/mol. The van der Waals surface area contributed by atoms with Crippen LogP contribution in [-0.2, 0) is 11.0 Å². The predicted molar refractivity (Wildman–Crippen MR) is 52.5 cm³/mol. The van der Waals surface area contributed by atoms with Crippen LogP contribution >= 0.6 is 8.25 Å². The van der Waals surface area contributed by atoms with E-state index in [0.29, 0.717) is 12.0 Å². The zero-order valence-electron chi connectivity index (χ0n) is 7.38. The molecule has 0 aromatic heterocycles. The predicted octanol–water partition coefficient (Wildman–Crippen LogP) is 2.15. The summed E-state index contributed by atoms with van der Waals surface area (Å²) in [6, 6.07) is 4.54. The maximum absolute atomic E-state index is 10.5. The lowest BCUT2D eigenvalue weighted by Gasteiger charge is -2.03. The summed E-state index contributed by atoms with van der Waals surface area (Å²) in [5.74, 6) is 0.229. The van der Waals surface area contributed by atoms with Crippen molar-refractivity contribution in [3.8, 4) is 11.5 Å². The third-order valence-electron chi connectivity index (χ3n) is 1.63. The van der Waals surface area contributed by atoms with Crippen LogP contribution in [0.1, 0.15) is 5.56 Å². The first-order valence-electron chi connectivity index (χ1n) is 3.91. The molecule has 1 rings (SSSR count). The van der Waals surface area contributed by atoms with Gasteiger partial charge in [-0.25, -0.2) is 4.52 Å². The molecule has 1 unspecified atom stereocenters. The van der Waals surface area contributed by atoms with E-state index in [9.17, 15) is 9.67 Å². The largest absolute Gasteiger partial charge is 0.747 e. The van der Waals surface area contributed by atoms with Gasteiger partial charge in [0, 0.05) is 10.1 Å². The highest BCUT2D eigenvalue weighted by molar-refractivity contribution is 7.32. The second-order valence-corrected chi connectivity index (χ2v) is 3.23. The van der Waals surface area contributed by atoms with Crippen LogP contribution in [0, 0.1) is 0 Å². The molecule has 1 aromatic carbocycles. The molecule has 0 heterocycles. The van der Waals surface area contributed by atoms with Crippen LogP contribution < -0.4 is 4.52 Å². The Bertz CT molecular complexity index is 362. The van der Waals surface area contributed by atoms with E-state index < -0.39 is 8.25 Å². The molecule has 4 nitrogen and oxygen atoms in total. The Kier molecular flexibility index (Phi) is 3.63. The van der Waals surface area contributed by atoms with Gasteiger partial charge in [-0.05, 0) is 18.6 Å². The molecule has 0 saturated heterocycles. The molecule has 14 heavy (non-hydrogen) atoms. The quantitative estimate of drug-likeness (QED) is 0.594. The number of rotatable bonds is 4. The van der Waals surface area contributed by atoms with Crippen LogP contribution in [0.25, 0.3) is 0 Å². The van der Waals surface area contributed by atoms with Crippen molar-refractivity contribution in [3.05, 3.63) is 36.4 Å². The molecule has 0 radical (unpaired) electrons. The van der Waals surface area contributed by atoms with E-state index >= 15 is 0 Å². The summed E-state index contributed by atoms with van der Waals surface area (Å²) in [7, 11) is -2.71. The third kappa shape index (κ3) is 2.55. The molecule has 0 fully saturated rings. The molecule has 0 aliphatic carbocycles. The molecule has 0 saturated carbocycles. The van der Waals surface area contributed by atoms with E-state index in [1.165, 1.54) is 18.2 Å². The molecule has 1 atom stereocenters. The molecule has 0 bridgehead atoms. The Morgan fingerprint density at radius 1 is 1.57 bits per heavy atom. The molecule has 0 aliphatic heterocycles. The number of aromatic hydroxyl groups is 1. The fourth-order valence-electron chi connectivity index (χ4n) is 1.07. The Morgan fingerprint density at radius 3 is 2.86 bits per heavy atom. The van der Waals surface area contributed by atoms with Gasteiger partial charge in [-0.1, -0.05) is 12.1 Å². The van der Waals surface area contributed by atoms with Crippen LogP contribution in [-0.4, -0.2) is 10.00 Å². The first kappa shape index (κ1) is 10.7. The lowest BCUT2D eigenvalue weighted by molar-refractivity contribution is 0.405. The molecule has 0 aliphatic rings. The van der Waals surface area contributed by atoms with Crippen molar-refractivity contribution < 1.29 is 19.1 Å². The van der Waals surface area contributed by atoms with Gasteiger partial charge < -0.3 is 5.11 Å². The fraction of sp³-hybridized carbons (Fsp3) is 0.111. The van der Waals surface area contributed by atoms with Crippen molar-refractivity contribution in [1.29, 1.82) is 0 Å². The van der Waals surface area contributed by atoms with Gasteiger partial charge in [0.15, 0.2) is 5.75 Å². The number of benzene rings is 1. The van der Waals surface area contributed by atoms with E-state index in [-0.39, 0.29) is 11.5 Å². The first-order valence-corrected chi connectivity index (χ1v) is 5.04. The average Bonchev–Trinajstić information content (AvgIpc) is 2.10. The van der Waals surface area contributed by atoms with E-state index in [2.05, 4.69) is 11.1 Å². The molecular formula is C9H10O4P+. The van der Waals surface area contributed by atoms with E-state index in [0.717, 1.165) is 0 Å². The van der Waals surface area contributed by atoms with Crippen LogP contribution in [0.3, 0.4) is 0 Å². The zero-order chi connectivity index (χ0) is 10.6. The average molecular weight is 213 g/mol. The monoisotopic (exact) mass is 213 g/mol. The lowest BCUT2D eigenvalue weighted by atomic mass is 10.1. The first-order chi connectivity index (χ1) is 6.65. The molecule has 0 spiro atoms. The van der Waals surface area contributed by atoms with Crippen LogP contribution in [0.15, 0.2) is 30.9 Å². The van der Waals surface area contributed by atoms with E-state index in [1.807, 2.05) is 0 Å². The molecule has 0 amide bonds.